The zero-order chi connectivity index (χ0) is 10.8. The summed E-state index contributed by atoms with van der Waals surface area (Å²) in [5.41, 5.74) is 7.61. The fourth-order valence-corrected chi connectivity index (χ4v) is 1.54. The SMILES string of the molecule is CCc1c(N)nnn1Cc1ccn(C)n1. The highest BCUT2D eigenvalue weighted by Gasteiger charge is 2.09. The smallest absolute Gasteiger partial charge is 0.169 e. The fourth-order valence-electron chi connectivity index (χ4n) is 1.54. The lowest BCUT2D eigenvalue weighted by Gasteiger charge is -2.01. The van der Waals surface area contributed by atoms with Gasteiger partial charge in [-0.2, -0.15) is 5.10 Å². The number of aromatic nitrogens is 5. The van der Waals surface area contributed by atoms with Crippen LogP contribution in [-0.2, 0) is 20.0 Å². The van der Waals surface area contributed by atoms with E-state index in [0.29, 0.717) is 12.4 Å². The summed E-state index contributed by atoms with van der Waals surface area (Å²) in [5, 5.41) is 12.1. The molecule has 2 heterocycles. The molecule has 0 aliphatic carbocycles. The first kappa shape index (κ1) is 9.70. The van der Waals surface area contributed by atoms with Crippen LogP contribution in [0.15, 0.2) is 12.3 Å². The van der Waals surface area contributed by atoms with Crippen LogP contribution in [0.1, 0.15) is 18.3 Å². The van der Waals surface area contributed by atoms with Crippen LogP contribution in [0.25, 0.3) is 0 Å². The Balaban J connectivity index is 2.24. The molecule has 0 spiro atoms. The summed E-state index contributed by atoms with van der Waals surface area (Å²) in [6.45, 7) is 2.65. The van der Waals surface area contributed by atoms with E-state index >= 15 is 0 Å². The molecule has 0 radical (unpaired) electrons. The Morgan fingerprint density at radius 1 is 1.47 bits per heavy atom. The molecule has 2 aromatic rings. The second-order valence-corrected chi connectivity index (χ2v) is 3.41. The second-order valence-electron chi connectivity index (χ2n) is 3.41. The molecule has 2 aromatic heterocycles. The maximum absolute atomic E-state index is 5.69. The van der Waals surface area contributed by atoms with Gasteiger partial charge in [0, 0.05) is 13.2 Å². The first-order valence-corrected chi connectivity index (χ1v) is 4.87. The van der Waals surface area contributed by atoms with Crippen molar-refractivity contribution in [3.05, 3.63) is 23.7 Å². The van der Waals surface area contributed by atoms with Crippen molar-refractivity contribution in [2.24, 2.45) is 7.05 Å². The summed E-state index contributed by atoms with van der Waals surface area (Å²) in [4.78, 5) is 0. The molecule has 0 saturated carbocycles. The van der Waals surface area contributed by atoms with Gasteiger partial charge in [-0.3, -0.25) is 4.68 Å². The van der Waals surface area contributed by atoms with E-state index in [1.165, 1.54) is 0 Å². The molecule has 0 fully saturated rings. The lowest BCUT2D eigenvalue weighted by Crippen LogP contribution is -2.07. The molecule has 0 unspecified atom stereocenters. The third kappa shape index (κ3) is 1.83. The summed E-state index contributed by atoms with van der Waals surface area (Å²) in [7, 11) is 1.89. The molecule has 6 heteroatoms. The van der Waals surface area contributed by atoms with Gasteiger partial charge < -0.3 is 5.73 Å². The lowest BCUT2D eigenvalue weighted by atomic mass is 10.3. The minimum Gasteiger partial charge on any atom is -0.381 e. The van der Waals surface area contributed by atoms with Crippen molar-refractivity contribution in [1.29, 1.82) is 0 Å². The third-order valence-corrected chi connectivity index (χ3v) is 2.28. The molecule has 0 bridgehead atoms. The van der Waals surface area contributed by atoms with Crippen LogP contribution >= 0.6 is 0 Å². The van der Waals surface area contributed by atoms with E-state index in [9.17, 15) is 0 Å². The van der Waals surface area contributed by atoms with Crippen LogP contribution in [0, 0.1) is 0 Å². The molecular formula is C9H14N6. The largest absolute Gasteiger partial charge is 0.381 e. The van der Waals surface area contributed by atoms with E-state index in [-0.39, 0.29) is 0 Å². The van der Waals surface area contributed by atoms with Gasteiger partial charge in [-0.15, -0.1) is 5.10 Å². The highest BCUT2D eigenvalue weighted by atomic mass is 15.4. The standard InChI is InChI=1S/C9H14N6/c1-3-8-9(10)11-13-15(8)6-7-4-5-14(2)12-7/h4-5H,3,6,10H2,1-2H3. The number of anilines is 1. The van der Waals surface area contributed by atoms with Gasteiger partial charge in [0.15, 0.2) is 5.82 Å². The summed E-state index contributed by atoms with van der Waals surface area (Å²) in [6, 6.07) is 1.96. The highest BCUT2D eigenvalue weighted by molar-refractivity contribution is 5.32. The van der Waals surface area contributed by atoms with Gasteiger partial charge in [0.05, 0.1) is 17.9 Å². The van der Waals surface area contributed by atoms with Crippen LogP contribution in [0.5, 0.6) is 0 Å². The van der Waals surface area contributed by atoms with E-state index in [2.05, 4.69) is 15.4 Å². The van der Waals surface area contributed by atoms with E-state index in [0.717, 1.165) is 17.8 Å². The van der Waals surface area contributed by atoms with Gasteiger partial charge in [0.2, 0.25) is 0 Å². The molecule has 2 rings (SSSR count). The summed E-state index contributed by atoms with van der Waals surface area (Å²) in [6.07, 6.45) is 2.73. The van der Waals surface area contributed by atoms with Crippen molar-refractivity contribution in [2.45, 2.75) is 19.9 Å². The van der Waals surface area contributed by atoms with E-state index in [1.54, 1.807) is 9.36 Å². The molecule has 0 saturated heterocycles. The van der Waals surface area contributed by atoms with Crippen molar-refractivity contribution in [3.8, 4) is 0 Å². The topological polar surface area (TPSA) is 74.5 Å². The average Bonchev–Trinajstić information content (AvgIpc) is 2.75. The molecule has 80 valence electrons. The van der Waals surface area contributed by atoms with Crippen LogP contribution in [0.4, 0.5) is 5.82 Å². The molecule has 0 amide bonds. The Bertz CT molecular complexity index is 455. The number of nitrogens with two attached hydrogens (primary N) is 1. The number of nitrogens with zero attached hydrogens (tertiary/aromatic N) is 5. The normalized spacial score (nSPS) is 10.8. The average molecular weight is 206 g/mol. The van der Waals surface area contributed by atoms with Gasteiger partial charge in [0.1, 0.15) is 0 Å². The van der Waals surface area contributed by atoms with Crippen molar-refractivity contribution in [1.82, 2.24) is 24.8 Å². The quantitative estimate of drug-likeness (QED) is 0.778. The van der Waals surface area contributed by atoms with Crippen molar-refractivity contribution in [2.75, 3.05) is 5.73 Å². The molecule has 15 heavy (non-hydrogen) atoms. The Hall–Kier alpha value is -1.85. The fraction of sp³-hybridized carbons (Fsp3) is 0.444. The highest BCUT2D eigenvalue weighted by Crippen LogP contribution is 2.09. The number of aryl methyl sites for hydroxylation is 1. The minimum absolute atomic E-state index is 0.508. The van der Waals surface area contributed by atoms with Crippen molar-refractivity contribution >= 4 is 5.82 Å². The molecule has 2 N–H and O–H groups in total. The van der Waals surface area contributed by atoms with Gasteiger partial charge >= 0.3 is 0 Å². The first-order chi connectivity index (χ1) is 7.20. The Kier molecular flexibility index (Phi) is 2.40. The Labute approximate surface area is 87.7 Å². The summed E-state index contributed by atoms with van der Waals surface area (Å²) >= 11 is 0. The van der Waals surface area contributed by atoms with Gasteiger partial charge in [-0.05, 0) is 12.5 Å². The molecule has 0 aliphatic rings. The minimum atomic E-state index is 0.508. The monoisotopic (exact) mass is 206 g/mol. The first-order valence-electron chi connectivity index (χ1n) is 4.87. The van der Waals surface area contributed by atoms with Crippen molar-refractivity contribution in [3.63, 3.8) is 0 Å². The van der Waals surface area contributed by atoms with Gasteiger partial charge in [-0.25, -0.2) is 4.68 Å². The van der Waals surface area contributed by atoms with Crippen LogP contribution in [-0.4, -0.2) is 24.8 Å². The van der Waals surface area contributed by atoms with E-state index in [4.69, 9.17) is 5.73 Å². The second kappa shape index (κ2) is 3.72. The number of hydrogen-bond acceptors (Lipinski definition) is 4. The van der Waals surface area contributed by atoms with E-state index in [1.807, 2.05) is 26.2 Å². The Morgan fingerprint density at radius 3 is 2.87 bits per heavy atom. The Morgan fingerprint density at radius 2 is 2.27 bits per heavy atom. The van der Waals surface area contributed by atoms with Crippen molar-refractivity contribution < 1.29 is 0 Å². The summed E-state index contributed by atoms with van der Waals surface area (Å²) in [5.74, 6) is 0.508. The molecule has 0 aliphatic heterocycles. The summed E-state index contributed by atoms with van der Waals surface area (Å²) < 4.78 is 3.55. The third-order valence-electron chi connectivity index (χ3n) is 2.28. The van der Waals surface area contributed by atoms with Crippen LogP contribution in [0.3, 0.4) is 0 Å². The zero-order valence-corrected chi connectivity index (χ0v) is 8.88. The number of nitrogen functional groups attached to an aromatic ring is 1. The van der Waals surface area contributed by atoms with Crippen LogP contribution < -0.4 is 5.73 Å². The maximum Gasteiger partial charge on any atom is 0.169 e. The van der Waals surface area contributed by atoms with Gasteiger partial charge in [-0.1, -0.05) is 12.1 Å². The zero-order valence-electron chi connectivity index (χ0n) is 8.88. The predicted molar refractivity (Wildman–Crippen MR) is 56.1 cm³/mol. The number of rotatable bonds is 3. The predicted octanol–water partition coefficient (Wildman–Crippen LogP) is 0.204. The molecule has 6 nitrogen and oxygen atoms in total. The van der Waals surface area contributed by atoms with Gasteiger partial charge in [0.25, 0.3) is 0 Å². The molecule has 0 atom stereocenters. The van der Waals surface area contributed by atoms with Crippen LogP contribution in [0.2, 0.25) is 0 Å². The number of hydrogen-bond donors (Lipinski definition) is 1. The maximum atomic E-state index is 5.69. The van der Waals surface area contributed by atoms with E-state index < -0.39 is 0 Å². The molecular weight excluding hydrogens is 192 g/mol. The molecule has 0 aromatic carbocycles. The lowest BCUT2D eigenvalue weighted by molar-refractivity contribution is 0.602.